The first-order valence-electron chi connectivity index (χ1n) is 5.53. The van der Waals surface area contributed by atoms with Crippen molar-refractivity contribution < 1.29 is 4.79 Å². The van der Waals surface area contributed by atoms with Gasteiger partial charge in [-0.1, -0.05) is 27.3 Å². The summed E-state index contributed by atoms with van der Waals surface area (Å²) in [7, 11) is 0. The Morgan fingerprint density at radius 3 is 3.11 bits per heavy atom. The van der Waals surface area contributed by atoms with Crippen LogP contribution in [0.5, 0.6) is 0 Å². The Balaban J connectivity index is 1.79. The van der Waals surface area contributed by atoms with Gasteiger partial charge in [-0.2, -0.15) is 0 Å². The van der Waals surface area contributed by atoms with Gasteiger partial charge in [0, 0.05) is 21.6 Å². The zero-order valence-corrected chi connectivity index (χ0v) is 12.1. The van der Waals surface area contributed by atoms with E-state index >= 15 is 0 Å². The summed E-state index contributed by atoms with van der Waals surface area (Å²) >= 11 is 4.73. The number of nitrogens with one attached hydrogen (secondary N) is 1. The van der Waals surface area contributed by atoms with E-state index < -0.39 is 0 Å². The topological polar surface area (TPSA) is 59.8 Å². The SMILES string of the molecule is O=C(Cn1ccc2cc(Br)ccc21)Nc1nncs1. The fourth-order valence-electron chi connectivity index (χ4n) is 1.85. The lowest BCUT2D eigenvalue weighted by Crippen LogP contribution is -2.18. The molecule has 5 nitrogen and oxygen atoms in total. The van der Waals surface area contributed by atoms with Crippen molar-refractivity contribution in [1.82, 2.24) is 14.8 Å². The Morgan fingerprint density at radius 2 is 2.32 bits per heavy atom. The molecule has 0 spiro atoms. The molecule has 0 unspecified atom stereocenters. The van der Waals surface area contributed by atoms with E-state index in [0.717, 1.165) is 15.4 Å². The first kappa shape index (κ1) is 12.3. The van der Waals surface area contributed by atoms with Gasteiger partial charge < -0.3 is 4.57 Å². The van der Waals surface area contributed by atoms with Crippen LogP contribution in [0.1, 0.15) is 0 Å². The van der Waals surface area contributed by atoms with Crippen LogP contribution in [0.25, 0.3) is 10.9 Å². The average molecular weight is 337 g/mol. The van der Waals surface area contributed by atoms with E-state index in [-0.39, 0.29) is 12.5 Å². The molecule has 0 bridgehead atoms. The average Bonchev–Trinajstić information content (AvgIpc) is 2.99. The fourth-order valence-corrected chi connectivity index (χ4v) is 2.69. The third-order valence-corrected chi connectivity index (χ3v) is 3.75. The normalized spacial score (nSPS) is 10.8. The Labute approximate surface area is 121 Å². The highest BCUT2D eigenvalue weighted by Gasteiger charge is 2.08. The van der Waals surface area contributed by atoms with Gasteiger partial charge in [-0.15, -0.1) is 10.2 Å². The zero-order valence-electron chi connectivity index (χ0n) is 9.71. The first-order chi connectivity index (χ1) is 9.22. The van der Waals surface area contributed by atoms with E-state index in [1.807, 2.05) is 35.0 Å². The molecule has 3 rings (SSSR count). The van der Waals surface area contributed by atoms with Crippen LogP contribution in [0.15, 0.2) is 40.4 Å². The number of anilines is 1. The molecule has 0 saturated heterocycles. The van der Waals surface area contributed by atoms with E-state index in [0.29, 0.717) is 5.13 Å². The molecule has 1 amide bonds. The van der Waals surface area contributed by atoms with E-state index in [4.69, 9.17) is 0 Å². The summed E-state index contributed by atoms with van der Waals surface area (Å²) in [5.74, 6) is -0.114. The maximum absolute atomic E-state index is 11.9. The van der Waals surface area contributed by atoms with E-state index in [1.165, 1.54) is 11.3 Å². The van der Waals surface area contributed by atoms with Gasteiger partial charge in [0.1, 0.15) is 12.1 Å². The number of carbonyl (C=O) groups excluding carboxylic acids is 1. The summed E-state index contributed by atoms with van der Waals surface area (Å²) in [6.07, 6.45) is 1.90. The summed E-state index contributed by atoms with van der Waals surface area (Å²) in [6.45, 7) is 0.255. The standard InChI is InChI=1S/C12H9BrN4OS/c13-9-1-2-10-8(5-9)3-4-17(10)6-11(18)15-12-16-14-7-19-12/h1-5,7H,6H2,(H,15,16,18). The molecule has 1 N–H and O–H groups in total. The molecule has 0 radical (unpaired) electrons. The van der Waals surface area contributed by atoms with Gasteiger partial charge in [-0.05, 0) is 24.3 Å². The van der Waals surface area contributed by atoms with Gasteiger partial charge in [-0.3, -0.25) is 10.1 Å². The van der Waals surface area contributed by atoms with Gasteiger partial charge >= 0.3 is 0 Å². The number of halogens is 1. The Morgan fingerprint density at radius 1 is 1.42 bits per heavy atom. The largest absolute Gasteiger partial charge is 0.338 e. The fraction of sp³-hybridized carbons (Fsp3) is 0.0833. The lowest BCUT2D eigenvalue weighted by Gasteiger charge is -2.05. The maximum atomic E-state index is 11.9. The summed E-state index contributed by atoms with van der Waals surface area (Å²) in [4.78, 5) is 11.9. The quantitative estimate of drug-likeness (QED) is 0.799. The second-order valence-corrected chi connectivity index (χ2v) is 5.69. The van der Waals surface area contributed by atoms with Gasteiger partial charge in [0.15, 0.2) is 0 Å². The van der Waals surface area contributed by atoms with Crippen molar-refractivity contribution in [3.8, 4) is 0 Å². The third-order valence-electron chi connectivity index (χ3n) is 2.65. The number of rotatable bonds is 3. The number of carbonyl (C=O) groups is 1. The summed E-state index contributed by atoms with van der Waals surface area (Å²) in [6, 6.07) is 7.95. The smallest absolute Gasteiger partial charge is 0.246 e. The van der Waals surface area contributed by atoms with Gasteiger partial charge in [-0.25, -0.2) is 0 Å². The second-order valence-electron chi connectivity index (χ2n) is 3.94. The summed E-state index contributed by atoms with van der Waals surface area (Å²) < 4.78 is 2.93. The molecular formula is C12H9BrN4OS. The predicted molar refractivity (Wildman–Crippen MR) is 78.2 cm³/mol. The van der Waals surface area contributed by atoms with Crippen LogP contribution in [0, 0.1) is 0 Å². The molecule has 0 fully saturated rings. The lowest BCUT2D eigenvalue weighted by atomic mass is 10.2. The van der Waals surface area contributed by atoms with Crippen LogP contribution in [0.3, 0.4) is 0 Å². The van der Waals surface area contributed by atoms with Crippen molar-refractivity contribution in [1.29, 1.82) is 0 Å². The van der Waals surface area contributed by atoms with Crippen LogP contribution in [0.2, 0.25) is 0 Å². The molecule has 3 aromatic rings. The molecule has 2 aromatic heterocycles. The lowest BCUT2D eigenvalue weighted by molar-refractivity contribution is -0.116. The number of amides is 1. The maximum Gasteiger partial charge on any atom is 0.246 e. The van der Waals surface area contributed by atoms with Crippen molar-refractivity contribution in [3.63, 3.8) is 0 Å². The van der Waals surface area contributed by atoms with Crippen molar-refractivity contribution >= 4 is 49.2 Å². The number of hydrogen-bond donors (Lipinski definition) is 1. The Kier molecular flexibility index (Phi) is 3.31. The number of fused-ring (bicyclic) bond motifs is 1. The third kappa shape index (κ3) is 2.66. The molecule has 7 heteroatoms. The molecule has 0 atom stereocenters. The number of benzene rings is 1. The Bertz CT molecular complexity index is 722. The van der Waals surface area contributed by atoms with Crippen LogP contribution in [-0.2, 0) is 11.3 Å². The molecule has 0 saturated carbocycles. The van der Waals surface area contributed by atoms with E-state index in [9.17, 15) is 4.79 Å². The van der Waals surface area contributed by atoms with Crippen LogP contribution in [-0.4, -0.2) is 20.7 Å². The first-order valence-corrected chi connectivity index (χ1v) is 7.20. The minimum atomic E-state index is -0.114. The molecule has 0 aliphatic heterocycles. The highest BCUT2D eigenvalue weighted by atomic mass is 79.9. The van der Waals surface area contributed by atoms with Crippen LogP contribution < -0.4 is 5.32 Å². The minimum absolute atomic E-state index is 0.114. The number of aromatic nitrogens is 3. The van der Waals surface area contributed by atoms with Gasteiger partial charge in [0.25, 0.3) is 0 Å². The number of nitrogens with zero attached hydrogens (tertiary/aromatic N) is 3. The van der Waals surface area contributed by atoms with Crippen LogP contribution >= 0.6 is 27.3 Å². The molecule has 96 valence electrons. The number of hydrogen-bond acceptors (Lipinski definition) is 4. The minimum Gasteiger partial charge on any atom is -0.338 e. The molecule has 19 heavy (non-hydrogen) atoms. The molecule has 2 heterocycles. The van der Waals surface area contributed by atoms with Gasteiger partial charge in [0.2, 0.25) is 11.0 Å². The van der Waals surface area contributed by atoms with Crippen molar-refractivity contribution in [2.45, 2.75) is 6.54 Å². The molecule has 1 aromatic carbocycles. The van der Waals surface area contributed by atoms with Crippen molar-refractivity contribution in [3.05, 3.63) is 40.4 Å². The Hall–Kier alpha value is -1.73. The predicted octanol–water partition coefficient (Wildman–Crippen LogP) is 2.89. The highest BCUT2D eigenvalue weighted by molar-refractivity contribution is 9.10. The van der Waals surface area contributed by atoms with E-state index in [1.54, 1.807) is 5.51 Å². The highest BCUT2D eigenvalue weighted by Crippen LogP contribution is 2.21. The monoisotopic (exact) mass is 336 g/mol. The van der Waals surface area contributed by atoms with Crippen LogP contribution in [0.4, 0.5) is 5.13 Å². The molecule has 0 aliphatic rings. The second kappa shape index (κ2) is 5.10. The molecular weight excluding hydrogens is 328 g/mol. The molecule has 0 aliphatic carbocycles. The van der Waals surface area contributed by atoms with Gasteiger partial charge in [0.05, 0.1) is 0 Å². The zero-order chi connectivity index (χ0) is 13.2. The van der Waals surface area contributed by atoms with Crippen molar-refractivity contribution in [2.24, 2.45) is 0 Å². The van der Waals surface area contributed by atoms with Crippen molar-refractivity contribution in [2.75, 3.05) is 5.32 Å². The summed E-state index contributed by atoms with van der Waals surface area (Å²) in [5.41, 5.74) is 2.61. The summed E-state index contributed by atoms with van der Waals surface area (Å²) in [5, 5.41) is 11.8. The van der Waals surface area contributed by atoms with E-state index in [2.05, 4.69) is 31.4 Å².